The fraction of sp³-hybridized carbons (Fsp3) is 0.353. The Kier molecular flexibility index (Phi) is 3.43. The highest BCUT2D eigenvalue weighted by atomic mass is 35.5. The summed E-state index contributed by atoms with van der Waals surface area (Å²) in [6, 6.07) is 12.1. The Bertz CT molecular complexity index is 695. The molecule has 0 aliphatic carbocycles. The minimum Gasteiger partial charge on any atom is -0.451 e. The predicted octanol–water partition coefficient (Wildman–Crippen LogP) is 3.22. The topological polar surface area (TPSA) is 54.3 Å². The highest BCUT2D eigenvalue weighted by Crippen LogP contribution is 2.29. The number of furan rings is 1. The minimum atomic E-state index is -0.139. The van der Waals surface area contributed by atoms with Crippen molar-refractivity contribution < 1.29 is 9.21 Å². The monoisotopic (exact) mass is 316 g/mol. The first-order valence-corrected chi connectivity index (χ1v) is 7.99. The summed E-state index contributed by atoms with van der Waals surface area (Å²) in [4.78, 5) is 12.3. The van der Waals surface area contributed by atoms with E-state index in [1.807, 2.05) is 18.2 Å². The zero-order valence-electron chi connectivity index (χ0n) is 12.0. The number of carbonyl (C=O) groups excluding carboxylic acids is 1. The van der Waals surface area contributed by atoms with Gasteiger partial charge in [-0.05, 0) is 55.7 Å². The molecule has 0 unspecified atom stereocenters. The van der Waals surface area contributed by atoms with E-state index in [1.54, 1.807) is 18.2 Å². The molecule has 22 heavy (non-hydrogen) atoms. The number of hydrogen-bond donors (Lipinski definition) is 2. The molecule has 1 aromatic carbocycles. The summed E-state index contributed by atoms with van der Waals surface area (Å²) in [5, 5.41) is 7.28. The summed E-state index contributed by atoms with van der Waals surface area (Å²) in [6.45, 7) is 0. The quantitative estimate of drug-likeness (QED) is 0.914. The van der Waals surface area contributed by atoms with Crippen LogP contribution in [0.1, 0.15) is 29.8 Å². The van der Waals surface area contributed by atoms with Gasteiger partial charge < -0.3 is 15.1 Å². The second-order valence-electron chi connectivity index (χ2n) is 6.03. The largest absolute Gasteiger partial charge is 0.451 e. The standard InChI is InChI=1S/C17H17ClN2O2/c18-11-3-1-10(2-4-11)15-7-8-16(22-15)17(21)20-14-9-12-5-6-13(14)19-12/h1-4,7-8,12-14,19H,5-6,9H2,(H,20,21)/t12-,13+,14-/m1/s1. The lowest BCUT2D eigenvalue weighted by Crippen LogP contribution is -2.42. The summed E-state index contributed by atoms with van der Waals surface area (Å²) < 4.78 is 5.69. The van der Waals surface area contributed by atoms with Crippen molar-refractivity contribution in [2.24, 2.45) is 0 Å². The molecule has 0 spiro atoms. The molecule has 3 atom stereocenters. The van der Waals surface area contributed by atoms with E-state index >= 15 is 0 Å². The zero-order chi connectivity index (χ0) is 15.1. The van der Waals surface area contributed by atoms with E-state index in [4.69, 9.17) is 16.0 Å². The molecule has 4 rings (SSSR count). The molecule has 0 radical (unpaired) electrons. The summed E-state index contributed by atoms with van der Waals surface area (Å²) >= 11 is 5.88. The van der Waals surface area contributed by atoms with Gasteiger partial charge >= 0.3 is 0 Å². The van der Waals surface area contributed by atoms with Crippen LogP contribution < -0.4 is 10.6 Å². The number of fused-ring (bicyclic) bond motifs is 2. The Morgan fingerprint density at radius 2 is 2.00 bits per heavy atom. The van der Waals surface area contributed by atoms with E-state index in [0.717, 1.165) is 18.4 Å². The maximum absolute atomic E-state index is 12.3. The lowest BCUT2D eigenvalue weighted by Gasteiger charge is -2.20. The summed E-state index contributed by atoms with van der Waals surface area (Å²) in [6.07, 6.45) is 3.38. The van der Waals surface area contributed by atoms with E-state index in [-0.39, 0.29) is 11.9 Å². The molecule has 2 N–H and O–H groups in total. The van der Waals surface area contributed by atoms with Crippen LogP contribution in [0.3, 0.4) is 0 Å². The first kappa shape index (κ1) is 13.9. The van der Waals surface area contributed by atoms with Gasteiger partial charge in [0.25, 0.3) is 5.91 Å². The molecule has 4 nitrogen and oxygen atoms in total. The van der Waals surface area contributed by atoms with Crippen molar-refractivity contribution >= 4 is 17.5 Å². The minimum absolute atomic E-state index is 0.139. The van der Waals surface area contributed by atoms with Crippen LogP contribution in [0, 0.1) is 0 Å². The van der Waals surface area contributed by atoms with E-state index < -0.39 is 0 Å². The second-order valence-corrected chi connectivity index (χ2v) is 6.47. The van der Waals surface area contributed by atoms with Crippen molar-refractivity contribution in [2.75, 3.05) is 0 Å². The Labute approximate surface area is 133 Å². The van der Waals surface area contributed by atoms with Gasteiger partial charge in [-0.25, -0.2) is 0 Å². The third-order valence-corrected chi connectivity index (χ3v) is 4.83. The van der Waals surface area contributed by atoms with Crippen molar-refractivity contribution in [3.8, 4) is 11.3 Å². The Morgan fingerprint density at radius 3 is 2.68 bits per heavy atom. The van der Waals surface area contributed by atoms with Gasteiger partial charge in [0.1, 0.15) is 5.76 Å². The number of hydrogen-bond acceptors (Lipinski definition) is 3. The van der Waals surface area contributed by atoms with E-state index in [0.29, 0.717) is 28.6 Å². The van der Waals surface area contributed by atoms with Gasteiger partial charge in [0, 0.05) is 28.7 Å². The third-order valence-electron chi connectivity index (χ3n) is 4.58. The van der Waals surface area contributed by atoms with Gasteiger partial charge in [-0.2, -0.15) is 0 Å². The van der Waals surface area contributed by atoms with Crippen LogP contribution in [0.2, 0.25) is 5.02 Å². The van der Waals surface area contributed by atoms with Crippen LogP contribution in [0.4, 0.5) is 0 Å². The van der Waals surface area contributed by atoms with Crippen LogP contribution in [0.15, 0.2) is 40.8 Å². The van der Waals surface area contributed by atoms with Crippen LogP contribution >= 0.6 is 11.6 Å². The first-order chi connectivity index (χ1) is 10.7. The molecular weight excluding hydrogens is 300 g/mol. The normalized spacial score (nSPS) is 26.3. The lowest BCUT2D eigenvalue weighted by molar-refractivity contribution is 0.0903. The van der Waals surface area contributed by atoms with Gasteiger partial charge in [0.15, 0.2) is 5.76 Å². The van der Waals surface area contributed by atoms with Crippen molar-refractivity contribution in [1.29, 1.82) is 0 Å². The second kappa shape index (κ2) is 5.45. The maximum atomic E-state index is 12.3. The average molecular weight is 317 g/mol. The fourth-order valence-corrected chi connectivity index (χ4v) is 3.58. The van der Waals surface area contributed by atoms with Gasteiger partial charge in [0.2, 0.25) is 0 Å². The first-order valence-electron chi connectivity index (χ1n) is 7.62. The number of amides is 1. The van der Waals surface area contributed by atoms with E-state index in [1.165, 1.54) is 6.42 Å². The highest BCUT2D eigenvalue weighted by molar-refractivity contribution is 6.30. The number of benzene rings is 1. The Balaban J connectivity index is 1.46. The average Bonchev–Trinajstić information content (AvgIpc) is 3.24. The fourth-order valence-electron chi connectivity index (χ4n) is 3.45. The van der Waals surface area contributed by atoms with E-state index in [2.05, 4.69) is 10.6 Å². The van der Waals surface area contributed by atoms with Gasteiger partial charge in [-0.1, -0.05) is 11.6 Å². The smallest absolute Gasteiger partial charge is 0.287 e. The van der Waals surface area contributed by atoms with Gasteiger partial charge in [0.05, 0.1) is 0 Å². The molecule has 2 aromatic rings. The van der Waals surface area contributed by atoms with Crippen molar-refractivity contribution in [3.63, 3.8) is 0 Å². The molecule has 2 saturated heterocycles. The summed E-state index contributed by atoms with van der Waals surface area (Å²) in [5.41, 5.74) is 0.907. The van der Waals surface area contributed by atoms with Crippen molar-refractivity contribution in [2.45, 2.75) is 37.4 Å². The van der Waals surface area contributed by atoms with Crippen molar-refractivity contribution in [1.82, 2.24) is 10.6 Å². The van der Waals surface area contributed by atoms with Crippen LogP contribution in [-0.4, -0.2) is 24.0 Å². The van der Waals surface area contributed by atoms with Crippen LogP contribution in [-0.2, 0) is 0 Å². The summed E-state index contributed by atoms with van der Waals surface area (Å²) in [7, 11) is 0. The predicted molar refractivity (Wildman–Crippen MR) is 85.0 cm³/mol. The molecular formula is C17H17ClN2O2. The Morgan fingerprint density at radius 1 is 1.18 bits per heavy atom. The molecule has 114 valence electrons. The molecule has 2 aliphatic heterocycles. The number of rotatable bonds is 3. The van der Waals surface area contributed by atoms with Crippen LogP contribution in [0.5, 0.6) is 0 Å². The molecule has 1 aromatic heterocycles. The van der Waals surface area contributed by atoms with Crippen LogP contribution in [0.25, 0.3) is 11.3 Å². The molecule has 2 fully saturated rings. The molecule has 2 bridgehead atoms. The molecule has 5 heteroatoms. The van der Waals surface area contributed by atoms with E-state index in [9.17, 15) is 4.79 Å². The zero-order valence-corrected chi connectivity index (χ0v) is 12.8. The molecule has 3 heterocycles. The van der Waals surface area contributed by atoms with Gasteiger partial charge in [-0.15, -0.1) is 0 Å². The highest BCUT2D eigenvalue weighted by Gasteiger charge is 2.39. The number of carbonyl (C=O) groups is 1. The Hall–Kier alpha value is -1.78. The third kappa shape index (κ3) is 2.53. The van der Waals surface area contributed by atoms with Gasteiger partial charge in [-0.3, -0.25) is 4.79 Å². The molecule has 1 amide bonds. The summed E-state index contributed by atoms with van der Waals surface area (Å²) in [5.74, 6) is 0.889. The molecule has 2 aliphatic rings. The number of nitrogens with one attached hydrogen (secondary N) is 2. The lowest BCUT2D eigenvalue weighted by atomic mass is 9.95. The SMILES string of the molecule is O=C(N[C@@H]1C[C@H]2CC[C@@H]1N2)c1ccc(-c2ccc(Cl)cc2)o1. The number of halogens is 1. The molecule has 0 saturated carbocycles. The maximum Gasteiger partial charge on any atom is 0.287 e. The van der Waals surface area contributed by atoms with Crippen molar-refractivity contribution in [3.05, 3.63) is 47.2 Å².